The van der Waals surface area contributed by atoms with Crippen molar-refractivity contribution in [2.45, 2.75) is 4.90 Å². The molecule has 0 aliphatic heterocycles. The van der Waals surface area contributed by atoms with Crippen molar-refractivity contribution < 1.29 is 13.2 Å². The van der Waals surface area contributed by atoms with Gasteiger partial charge in [0, 0.05) is 24.0 Å². The van der Waals surface area contributed by atoms with E-state index in [-0.39, 0.29) is 10.5 Å². The van der Waals surface area contributed by atoms with Crippen LogP contribution in [0, 0.1) is 0 Å². The van der Waals surface area contributed by atoms with Crippen molar-refractivity contribution in [1.82, 2.24) is 9.97 Å². The summed E-state index contributed by atoms with van der Waals surface area (Å²) >= 11 is 0. The first-order valence-corrected chi connectivity index (χ1v) is 8.85. The molecule has 3 aromatic rings. The second kappa shape index (κ2) is 5.89. The van der Waals surface area contributed by atoms with E-state index < -0.39 is 15.7 Å². The van der Waals surface area contributed by atoms with Crippen LogP contribution < -0.4 is 11.1 Å². The molecule has 7 nitrogen and oxygen atoms in total. The van der Waals surface area contributed by atoms with Crippen molar-refractivity contribution in [1.29, 1.82) is 0 Å². The zero-order valence-corrected chi connectivity index (χ0v) is 13.5. The number of carbonyl (C=O) groups is 1. The standard InChI is InChI=1S/C16H14N4O3S/c1-24(22,23)11-4-5-14-12(7-11)15(13(9-19-14)16(17)21)20-10-3-2-6-18-8-10/h2-9H,1H3,(H2,17,21)(H,19,20). The van der Waals surface area contributed by atoms with E-state index in [0.29, 0.717) is 22.3 Å². The molecule has 0 saturated carbocycles. The third-order valence-corrected chi connectivity index (χ3v) is 4.57. The van der Waals surface area contributed by atoms with Gasteiger partial charge in [0.2, 0.25) is 0 Å². The fraction of sp³-hybridized carbons (Fsp3) is 0.0625. The molecule has 122 valence electrons. The van der Waals surface area contributed by atoms with Crippen molar-refractivity contribution in [2.75, 3.05) is 11.6 Å². The largest absolute Gasteiger partial charge is 0.365 e. The van der Waals surface area contributed by atoms with Gasteiger partial charge in [-0.15, -0.1) is 0 Å². The Labute approximate surface area is 138 Å². The summed E-state index contributed by atoms with van der Waals surface area (Å²) < 4.78 is 23.6. The molecule has 1 amide bonds. The Bertz CT molecular complexity index is 1030. The lowest BCUT2D eigenvalue weighted by molar-refractivity contribution is 0.100. The minimum Gasteiger partial charge on any atom is -0.365 e. The van der Waals surface area contributed by atoms with Gasteiger partial charge < -0.3 is 11.1 Å². The van der Waals surface area contributed by atoms with Crippen LogP contribution in [0.15, 0.2) is 53.8 Å². The summed E-state index contributed by atoms with van der Waals surface area (Å²) in [4.78, 5) is 20.1. The van der Waals surface area contributed by atoms with Crippen molar-refractivity contribution in [2.24, 2.45) is 5.73 Å². The quantitative estimate of drug-likeness (QED) is 0.748. The highest BCUT2D eigenvalue weighted by molar-refractivity contribution is 7.90. The van der Waals surface area contributed by atoms with E-state index in [1.54, 1.807) is 30.6 Å². The summed E-state index contributed by atoms with van der Waals surface area (Å²) in [5, 5.41) is 3.56. The Morgan fingerprint density at radius 1 is 1.21 bits per heavy atom. The van der Waals surface area contributed by atoms with Crippen molar-refractivity contribution in [3.8, 4) is 0 Å². The molecule has 0 aliphatic carbocycles. The molecule has 0 fully saturated rings. The Morgan fingerprint density at radius 3 is 2.62 bits per heavy atom. The molecule has 24 heavy (non-hydrogen) atoms. The van der Waals surface area contributed by atoms with Gasteiger partial charge in [-0.25, -0.2) is 8.42 Å². The summed E-state index contributed by atoms with van der Waals surface area (Å²) in [6, 6.07) is 8.04. The van der Waals surface area contributed by atoms with Crippen LogP contribution in [0.1, 0.15) is 10.4 Å². The number of fused-ring (bicyclic) bond motifs is 1. The first kappa shape index (κ1) is 15.9. The second-order valence-electron chi connectivity index (χ2n) is 5.23. The molecule has 0 saturated heterocycles. The number of rotatable bonds is 4. The van der Waals surface area contributed by atoms with Crippen LogP contribution >= 0.6 is 0 Å². The summed E-state index contributed by atoms with van der Waals surface area (Å²) in [5.41, 5.74) is 7.17. The maximum atomic E-state index is 11.8. The van der Waals surface area contributed by atoms with Gasteiger partial charge in [-0.05, 0) is 30.3 Å². The lowest BCUT2D eigenvalue weighted by atomic mass is 10.1. The van der Waals surface area contributed by atoms with E-state index in [1.165, 1.54) is 18.3 Å². The fourth-order valence-electron chi connectivity index (χ4n) is 2.30. The molecule has 0 unspecified atom stereocenters. The molecule has 1 aromatic carbocycles. The van der Waals surface area contributed by atoms with Gasteiger partial charge in [-0.3, -0.25) is 14.8 Å². The molecule has 3 N–H and O–H groups in total. The van der Waals surface area contributed by atoms with E-state index in [2.05, 4.69) is 15.3 Å². The predicted octanol–water partition coefficient (Wildman–Crippen LogP) is 1.88. The van der Waals surface area contributed by atoms with Crippen LogP contribution in [0.5, 0.6) is 0 Å². The number of primary amides is 1. The third-order valence-electron chi connectivity index (χ3n) is 3.46. The summed E-state index contributed by atoms with van der Waals surface area (Å²) in [6.07, 6.45) is 5.68. The van der Waals surface area contributed by atoms with E-state index in [9.17, 15) is 13.2 Å². The van der Waals surface area contributed by atoms with E-state index >= 15 is 0 Å². The third kappa shape index (κ3) is 3.04. The zero-order valence-electron chi connectivity index (χ0n) is 12.7. The van der Waals surface area contributed by atoms with Crippen LogP contribution in [-0.2, 0) is 9.84 Å². The molecule has 0 atom stereocenters. The number of nitrogens with two attached hydrogens (primary N) is 1. The number of aromatic nitrogens is 2. The minimum absolute atomic E-state index is 0.132. The lowest BCUT2D eigenvalue weighted by Gasteiger charge is -2.13. The second-order valence-corrected chi connectivity index (χ2v) is 7.24. The maximum absolute atomic E-state index is 11.8. The van der Waals surface area contributed by atoms with Crippen LogP contribution in [-0.4, -0.2) is 30.5 Å². The molecule has 2 aromatic heterocycles. The molecule has 0 aliphatic rings. The molecule has 2 heterocycles. The van der Waals surface area contributed by atoms with Gasteiger partial charge in [0.25, 0.3) is 5.91 Å². The SMILES string of the molecule is CS(=O)(=O)c1ccc2ncc(C(N)=O)c(Nc3cccnc3)c2c1. The van der Waals surface area contributed by atoms with Crippen molar-refractivity contribution in [3.05, 3.63) is 54.5 Å². The lowest BCUT2D eigenvalue weighted by Crippen LogP contribution is -2.14. The topological polar surface area (TPSA) is 115 Å². The number of nitrogens with zero attached hydrogens (tertiary/aromatic N) is 2. The number of carbonyl (C=O) groups excluding carboxylic acids is 1. The minimum atomic E-state index is -3.40. The normalized spacial score (nSPS) is 11.4. The van der Waals surface area contributed by atoms with Gasteiger partial charge in [-0.2, -0.15) is 0 Å². The van der Waals surface area contributed by atoms with Crippen LogP contribution in [0.3, 0.4) is 0 Å². The average molecular weight is 342 g/mol. The van der Waals surface area contributed by atoms with Crippen LogP contribution in [0.2, 0.25) is 0 Å². The molecule has 0 spiro atoms. The average Bonchev–Trinajstić information content (AvgIpc) is 2.54. The number of benzene rings is 1. The number of hydrogen-bond donors (Lipinski definition) is 2. The number of hydrogen-bond acceptors (Lipinski definition) is 6. The van der Waals surface area contributed by atoms with E-state index in [0.717, 1.165) is 6.26 Å². The zero-order chi connectivity index (χ0) is 17.3. The number of sulfone groups is 1. The Balaban J connectivity index is 2.28. The molecule has 0 bridgehead atoms. The smallest absolute Gasteiger partial charge is 0.252 e. The van der Waals surface area contributed by atoms with Gasteiger partial charge in [0.15, 0.2) is 9.84 Å². The van der Waals surface area contributed by atoms with Crippen LogP contribution in [0.4, 0.5) is 11.4 Å². The van der Waals surface area contributed by atoms with Crippen molar-refractivity contribution in [3.63, 3.8) is 0 Å². The van der Waals surface area contributed by atoms with Crippen molar-refractivity contribution >= 4 is 38.0 Å². The van der Waals surface area contributed by atoms with Crippen LogP contribution in [0.25, 0.3) is 10.9 Å². The summed E-state index contributed by atoms with van der Waals surface area (Å²) in [6.45, 7) is 0. The molecular formula is C16H14N4O3S. The number of nitrogens with one attached hydrogen (secondary N) is 1. The summed E-state index contributed by atoms with van der Waals surface area (Å²) in [7, 11) is -3.40. The Hall–Kier alpha value is -3.00. The predicted molar refractivity (Wildman–Crippen MR) is 90.9 cm³/mol. The van der Waals surface area contributed by atoms with Gasteiger partial charge in [0.1, 0.15) is 0 Å². The number of amides is 1. The monoisotopic (exact) mass is 342 g/mol. The van der Waals surface area contributed by atoms with E-state index in [1.807, 2.05) is 0 Å². The van der Waals surface area contributed by atoms with Gasteiger partial charge >= 0.3 is 0 Å². The first-order valence-electron chi connectivity index (χ1n) is 6.96. The first-order chi connectivity index (χ1) is 11.4. The Morgan fingerprint density at radius 2 is 2.00 bits per heavy atom. The number of pyridine rings is 2. The molecule has 8 heteroatoms. The highest BCUT2D eigenvalue weighted by Crippen LogP contribution is 2.30. The molecule has 0 radical (unpaired) electrons. The maximum Gasteiger partial charge on any atom is 0.252 e. The van der Waals surface area contributed by atoms with Gasteiger partial charge in [0.05, 0.1) is 33.5 Å². The summed E-state index contributed by atoms with van der Waals surface area (Å²) in [5.74, 6) is -0.666. The van der Waals surface area contributed by atoms with E-state index in [4.69, 9.17) is 5.73 Å². The van der Waals surface area contributed by atoms with Gasteiger partial charge in [-0.1, -0.05) is 0 Å². The number of anilines is 2. The molecule has 3 rings (SSSR count). The highest BCUT2D eigenvalue weighted by atomic mass is 32.2. The fourth-order valence-corrected chi connectivity index (χ4v) is 2.95. The Kier molecular flexibility index (Phi) is 3.90. The highest BCUT2D eigenvalue weighted by Gasteiger charge is 2.16. The molecular weight excluding hydrogens is 328 g/mol.